The third kappa shape index (κ3) is 3.94. The Bertz CT molecular complexity index is 343. The SMILES string of the molecule is CCCc1nsc(NC2CCC(CCC)CC2)n1. The van der Waals surface area contributed by atoms with Crippen LogP contribution >= 0.6 is 11.5 Å². The quantitative estimate of drug-likeness (QED) is 0.836. The van der Waals surface area contributed by atoms with Crippen LogP contribution in [0.3, 0.4) is 0 Å². The lowest BCUT2D eigenvalue weighted by atomic mass is 9.83. The predicted octanol–water partition coefficient (Wildman–Crippen LogP) is 4.26. The van der Waals surface area contributed by atoms with Crippen LogP contribution < -0.4 is 5.32 Å². The molecule has 0 saturated heterocycles. The summed E-state index contributed by atoms with van der Waals surface area (Å²) in [6.07, 6.45) is 10.2. The highest BCUT2D eigenvalue weighted by molar-refractivity contribution is 7.09. The molecule has 1 aromatic heterocycles. The van der Waals surface area contributed by atoms with Gasteiger partial charge in [0, 0.05) is 24.0 Å². The van der Waals surface area contributed by atoms with E-state index in [1.807, 2.05) is 0 Å². The van der Waals surface area contributed by atoms with Crippen molar-refractivity contribution in [3.05, 3.63) is 5.82 Å². The van der Waals surface area contributed by atoms with Crippen molar-refractivity contribution in [3.8, 4) is 0 Å². The first-order chi connectivity index (χ1) is 8.81. The highest BCUT2D eigenvalue weighted by Gasteiger charge is 2.21. The molecule has 102 valence electrons. The van der Waals surface area contributed by atoms with Crippen molar-refractivity contribution in [1.82, 2.24) is 9.36 Å². The summed E-state index contributed by atoms with van der Waals surface area (Å²) in [5, 5.41) is 4.59. The number of aryl methyl sites for hydroxylation is 1. The summed E-state index contributed by atoms with van der Waals surface area (Å²) in [4.78, 5) is 4.55. The van der Waals surface area contributed by atoms with Gasteiger partial charge in [-0.25, -0.2) is 4.98 Å². The summed E-state index contributed by atoms with van der Waals surface area (Å²) in [7, 11) is 0. The normalized spacial score (nSPS) is 24.1. The van der Waals surface area contributed by atoms with Gasteiger partial charge in [-0.3, -0.25) is 0 Å². The minimum atomic E-state index is 0.625. The maximum absolute atomic E-state index is 4.55. The number of nitrogens with zero attached hydrogens (tertiary/aromatic N) is 2. The number of anilines is 1. The molecule has 1 N–H and O–H groups in total. The molecule has 0 bridgehead atoms. The molecular weight excluding hydrogens is 242 g/mol. The van der Waals surface area contributed by atoms with Gasteiger partial charge >= 0.3 is 0 Å². The molecule has 0 aliphatic heterocycles. The van der Waals surface area contributed by atoms with E-state index >= 15 is 0 Å². The summed E-state index contributed by atoms with van der Waals surface area (Å²) >= 11 is 1.52. The maximum atomic E-state index is 4.55. The highest BCUT2D eigenvalue weighted by Crippen LogP contribution is 2.29. The summed E-state index contributed by atoms with van der Waals surface area (Å²) in [5.74, 6) is 1.97. The van der Waals surface area contributed by atoms with Crippen LogP contribution in [0.2, 0.25) is 0 Å². The molecular formula is C14H25N3S. The van der Waals surface area contributed by atoms with E-state index < -0.39 is 0 Å². The first-order valence-electron chi connectivity index (χ1n) is 7.41. The molecule has 1 aromatic rings. The zero-order valence-corrected chi connectivity index (χ0v) is 12.4. The van der Waals surface area contributed by atoms with Crippen LogP contribution in [0.4, 0.5) is 5.13 Å². The first kappa shape index (κ1) is 13.8. The van der Waals surface area contributed by atoms with Crippen molar-refractivity contribution < 1.29 is 0 Å². The molecule has 0 unspecified atom stereocenters. The van der Waals surface area contributed by atoms with Crippen LogP contribution in [0.5, 0.6) is 0 Å². The second-order valence-electron chi connectivity index (χ2n) is 5.42. The topological polar surface area (TPSA) is 37.8 Å². The fourth-order valence-electron chi connectivity index (χ4n) is 2.82. The van der Waals surface area contributed by atoms with Crippen LogP contribution in [0.1, 0.15) is 64.6 Å². The van der Waals surface area contributed by atoms with Crippen molar-refractivity contribution in [2.45, 2.75) is 71.3 Å². The number of aromatic nitrogens is 2. The monoisotopic (exact) mass is 267 g/mol. The molecule has 1 aliphatic carbocycles. The van der Waals surface area contributed by atoms with Crippen molar-refractivity contribution in [3.63, 3.8) is 0 Å². The Balaban J connectivity index is 1.76. The summed E-state index contributed by atoms with van der Waals surface area (Å²) in [6.45, 7) is 4.46. The third-order valence-corrected chi connectivity index (χ3v) is 4.50. The second-order valence-corrected chi connectivity index (χ2v) is 6.17. The van der Waals surface area contributed by atoms with Gasteiger partial charge in [-0.1, -0.05) is 26.7 Å². The molecule has 1 aliphatic rings. The van der Waals surface area contributed by atoms with Crippen molar-refractivity contribution >= 4 is 16.7 Å². The van der Waals surface area contributed by atoms with Crippen LogP contribution in [0.15, 0.2) is 0 Å². The average molecular weight is 267 g/mol. The fourth-order valence-corrected chi connectivity index (χ4v) is 3.51. The molecule has 3 nitrogen and oxygen atoms in total. The standard InChI is InChI=1S/C14H25N3S/c1-3-5-11-7-9-12(10-8-11)15-14-16-13(6-4-2)17-18-14/h11-12H,3-10H2,1-2H3,(H,15,16,17). The number of nitrogens with one attached hydrogen (secondary N) is 1. The molecule has 0 aromatic carbocycles. The van der Waals surface area contributed by atoms with E-state index in [0.29, 0.717) is 6.04 Å². The second kappa shape index (κ2) is 7.07. The van der Waals surface area contributed by atoms with Gasteiger partial charge in [-0.15, -0.1) is 0 Å². The van der Waals surface area contributed by atoms with Gasteiger partial charge in [-0.2, -0.15) is 4.37 Å². The Morgan fingerprint density at radius 1 is 1.17 bits per heavy atom. The zero-order chi connectivity index (χ0) is 12.8. The number of hydrogen-bond acceptors (Lipinski definition) is 4. The molecule has 1 saturated carbocycles. The largest absolute Gasteiger partial charge is 0.358 e. The Kier molecular flexibility index (Phi) is 5.42. The smallest absolute Gasteiger partial charge is 0.202 e. The Morgan fingerprint density at radius 2 is 1.94 bits per heavy atom. The summed E-state index contributed by atoms with van der Waals surface area (Å²) in [6, 6.07) is 0.625. The van der Waals surface area contributed by atoms with Gasteiger partial charge in [0.1, 0.15) is 5.82 Å². The number of hydrogen-bond donors (Lipinski definition) is 1. The lowest BCUT2D eigenvalue weighted by Crippen LogP contribution is -2.26. The lowest BCUT2D eigenvalue weighted by molar-refractivity contribution is 0.319. The summed E-state index contributed by atoms with van der Waals surface area (Å²) < 4.78 is 4.38. The van der Waals surface area contributed by atoms with Crippen LogP contribution in [0, 0.1) is 5.92 Å². The van der Waals surface area contributed by atoms with E-state index in [0.717, 1.165) is 29.7 Å². The predicted molar refractivity (Wildman–Crippen MR) is 78.2 cm³/mol. The van der Waals surface area contributed by atoms with Crippen LogP contribution in [-0.4, -0.2) is 15.4 Å². The molecule has 18 heavy (non-hydrogen) atoms. The van der Waals surface area contributed by atoms with E-state index in [9.17, 15) is 0 Å². The molecule has 0 spiro atoms. The molecule has 1 heterocycles. The number of rotatable bonds is 6. The summed E-state index contributed by atoms with van der Waals surface area (Å²) in [5.41, 5.74) is 0. The lowest BCUT2D eigenvalue weighted by Gasteiger charge is -2.28. The minimum Gasteiger partial charge on any atom is -0.358 e. The van der Waals surface area contributed by atoms with E-state index in [1.54, 1.807) is 0 Å². The Hall–Kier alpha value is -0.640. The van der Waals surface area contributed by atoms with Gasteiger partial charge in [0.25, 0.3) is 0 Å². The maximum Gasteiger partial charge on any atom is 0.202 e. The van der Waals surface area contributed by atoms with E-state index in [-0.39, 0.29) is 0 Å². The van der Waals surface area contributed by atoms with E-state index in [2.05, 4.69) is 28.5 Å². The van der Waals surface area contributed by atoms with Gasteiger partial charge < -0.3 is 5.32 Å². The molecule has 4 heteroatoms. The fraction of sp³-hybridized carbons (Fsp3) is 0.857. The zero-order valence-electron chi connectivity index (χ0n) is 11.6. The van der Waals surface area contributed by atoms with Gasteiger partial charge in [0.05, 0.1) is 0 Å². The Labute approximate surface area is 115 Å². The van der Waals surface area contributed by atoms with Crippen LogP contribution in [0.25, 0.3) is 0 Å². The molecule has 2 rings (SSSR count). The van der Waals surface area contributed by atoms with Crippen LogP contribution in [-0.2, 0) is 6.42 Å². The van der Waals surface area contributed by atoms with Crippen molar-refractivity contribution in [2.75, 3.05) is 5.32 Å². The molecule has 0 radical (unpaired) electrons. The van der Waals surface area contributed by atoms with Gasteiger partial charge in [-0.05, 0) is 38.0 Å². The van der Waals surface area contributed by atoms with Gasteiger partial charge in [0.2, 0.25) is 5.13 Å². The third-order valence-electron chi connectivity index (χ3n) is 3.81. The minimum absolute atomic E-state index is 0.625. The molecule has 0 atom stereocenters. The van der Waals surface area contributed by atoms with Gasteiger partial charge in [0.15, 0.2) is 0 Å². The van der Waals surface area contributed by atoms with E-state index in [1.165, 1.54) is 50.1 Å². The average Bonchev–Trinajstić information content (AvgIpc) is 2.80. The Morgan fingerprint density at radius 3 is 2.61 bits per heavy atom. The molecule has 1 fully saturated rings. The van der Waals surface area contributed by atoms with Crippen molar-refractivity contribution in [2.24, 2.45) is 5.92 Å². The van der Waals surface area contributed by atoms with E-state index in [4.69, 9.17) is 0 Å². The first-order valence-corrected chi connectivity index (χ1v) is 8.18. The highest BCUT2D eigenvalue weighted by atomic mass is 32.1. The molecule has 0 amide bonds. The van der Waals surface area contributed by atoms with Crippen molar-refractivity contribution in [1.29, 1.82) is 0 Å².